The van der Waals surface area contributed by atoms with Crippen LogP contribution in [0.15, 0.2) is 218 Å². The number of hydrogen-bond donors (Lipinski definition) is 0. The molecule has 0 N–H and O–H groups in total. The number of benzene rings is 11. The van der Waals surface area contributed by atoms with E-state index in [1.54, 1.807) is 0 Å². The molecular weight excluding hydrogens is 973 g/mol. The first kappa shape index (κ1) is 50.6. The van der Waals surface area contributed by atoms with Gasteiger partial charge in [0.15, 0.2) is 0 Å². The van der Waals surface area contributed by atoms with E-state index in [1.807, 2.05) is 0 Å². The van der Waals surface area contributed by atoms with Crippen LogP contribution in [-0.2, 0) is 12.8 Å². The minimum absolute atomic E-state index is 0.691. The second-order valence-corrected chi connectivity index (χ2v) is 21.6. The monoisotopic (exact) mass is 1040 g/mol. The molecule has 13 aromatic carbocycles. The van der Waals surface area contributed by atoms with E-state index in [4.69, 9.17) is 9.47 Å². The Morgan fingerprint density at radius 1 is 0.287 bits per heavy atom. The van der Waals surface area contributed by atoms with Crippen molar-refractivity contribution in [1.29, 1.82) is 0 Å². The highest BCUT2D eigenvalue weighted by Crippen LogP contribution is 2.58. The molecule has 0 heterocycles. The SMILES string of the molecule is CCCCc1ccc(N(c2ccc(OCCC)cc2)c2ccc3c4c(-c5ccccc5)c5c6ccc(N(c7ccc(CCCC)cc7)c7ccc(OCCC)cc7)c7cccc(c5c(-c5ccccc5)c4c4cccc2c43)c76)cc1. The Bertz CT molecular complexity index is 3810. The van der Waals surface area contributed by atoms with Crippen LogP contribution in [0.25, 0.3) is 86.9 Å². The number of anilines is 6. The second-order valence-electron chi connectivity index (χ2n) is 21.6. The lowest BCUT2D eigenvalue weighted by Gasteiger charge is -2.27. The summed E-state index contributed by atoms with van der Waals surface area (Å²) in [5, 5.41) is 15.2. The molecule has 80 heavy (non-hydrogen) atoms. The first-order valence-corrected chi connectivity index (χ1v) is 29.3. The fraction of sp³-hybridized carbons (Fsp3) is 0.184. The van der Waals surface area contributed by atoms with Gasteiger partial charge >= 0.3 is 0 Å². The largest absolute Gasteiger partial charge is 0.494 e. The topological polar surface area (TPSA) is 24.9 Å². The van der Waals surface area contributed by atoms with Gasteiger partial charge in [-0.25, -0.2) is 0 Å². The van der Waals surface area contributed by atoms with Gasteiger partial charge in [0.05, 0.1) is 24.6 Å². The molecule has 0 amide bonds. The van der Waals surface area contributed by atoms with Crippen LogP contribution >= 0.6 is 0 Å². The maximum absolute atomic E-state index is 6.12. The highest BCUT2D eigenvalue weighted by molar-refractivity contribution is 6.47. The van der Waals surface area contributed by atoms with Crippen LogP contribution in [0.2, 0.25) is 0 Å². The summed E-state index contributed by atoms with van der Waals surface area (Å²) in [4.78, 5) is 4.89. The van der Waals surface area contributed by atoms with Crippen LogP contribution in [-0.4, -0.2) is 13.2 Å². The van der Waals surface area contributed by atoms with Crippen LogP contribution < -0.4 is 19.3 Å². The van der Waals surface area contributed by atoms with E-state index in [2.05, 4.69) is 256 Å². The molecule has 0 spiro atoms. The number of nitrogens with zero attached hydrogens (tertiary/aromatic N) is 2. The van der Waals surface area contributed by atoms with E-state index in [-0.39, 0.29) is 0 Å². The number of rotatable bonds is 20. The van der Waals surface area contributed by atoms with Gasteiger partial charge in [0, 0.05) is 33.5 Å². The fourth-order valence-electron chi connectivity index (χ4n) is 12.7. The van der Waals surface area contributed by atoms with Crippen LogP contribution in [0, 0.1) is 0 Å². The van der Waals surface area contributed by atoms with Gasteiger partial charge in [0.1, 0.15) is 11.5 Å². The summed E-state index contributed by atoms with van der Waals surface area (Å²) < 4.78 is 12.2. The number of fused-ring (bicyclic) bond motifs is 6. The minimum Gasteiger partial charge on any atom is -0.494 e. The third-order valence-electron chi connectivity index (χ3n) is 16.4. The Morgan fingerprint density at radius 3 is 0.975 bits per heavy atom. The van der Waals surface area contributed by atoms with Gasteiger partial charge in [-0.3, -0.25) is 0 Å². The Hall–Kier alpha value is -8.86. The lowest BCUT2D eigenvalue weighted by molar-refractivity contribution is 0.317. The maximum atomic E-state index is 6.12. The number of aryl methyl sites for hydroxylation is 2. The third kappa shape index (κ3) is 8.97. The molecule has 0 unspecified atom stereocenters. The molecule has 0 aliphatic rings. The second kappa shape index (κ2) is 22.1. The van der Waals surface area contributed by atoms with Gasteiger partial charge in [-0.1, -0.05) is 174 Å². The summed E-state index contributed by atoms with van der Waals surface area (Å²) in [6.45, 7) is 10.2. The summed E-state index contributed by atoms with van der Waals surface area (Å²) in [6, 6.07) is 81.8. The molecule has 13 rings (SSSR count). The summed E-state index contributed by atoms with van der Waals surface area (Å²) in [5.74, 6) is 1.77. The molecule has 13 aromatic rings. The standard InChI is InChI=1S/C76H68N2O2/c1-5-9-19-51-29-33-55(34-30-51)77(57-37-41-59(42-38-57)79-49-7-3)67-47-45-65-71-61(67)25-17-27-63(71)73-69(53-21-13-11-14-22-53)74-64-28-18-26-62-68(48-46-66(72(62)64)76(74)70(75(65)73)54-23-15-12-16-24-54)78(56-35-31-52(32-36-56)20-10-6-2)58-39-43-60(44-40-58)80-50-8-4/h11-18,21-48H,5-10,19-20,49-50H2,1-4H3. The number of unbranched alkanes of at least 4 members (excludes halogenated alkanes) is 2. The zero-order valence-corrected chi connectivity index (χ0v) is 46.6. The summed E-state index contributed by atoms with van der Waals surface area (Å²) in [7, 11) is 0. The number of hydrogen-bond acceptors (Lipinski definition) is 4. The van der Waals surface area contributed by atoms with Crippen LogP contribution in [0.1, 0.15) is 77.3 Å². The van der Waals surface area contributed by atoms with E-state index in [0.29, 0.717) is 13.2 Å². The third-order valence-corrected chi connectivity index (χ3v) is 16.4. The zero-order valence-electron chi connectivity index (χ0n) is 46.6. The Morgan fingerprint density at radius 2 is 0.625 bits per heavy atom. The quantitative estimate of drug-likeness (QED) is 0.0759. The van der Waals surface area contributed by atoms with Crippen LogP contribution in [0.5, 0.6) is 11.5 Å². The van der Waals surface area contributed by atoms with E-state index in [1.165, 1.54) is 124 Å². The highest BCUT2D eigenvalue weighted by atomic mass is 16.5. The first-order chi connectivity index (χ1) is 39.6. The van der Waals surface area contributed by atoms with Gasteiger partial charge in [0.25, 0.3) is 0 Å². The molecule has 4 nitrogen and oxygen atoms in total. The van der Waals surface area contributed by atoms with Crippen molar-refractivity contribution in [2.45, 2.75) is 79.1 Å². The Labute approximate surface area is 471 Å². The molecule has 0 atom stereocenters. The maximum Gasteiger partial charge on any atom is 0.119 e. The van der Waals surface area contributed by atoms with Gasteiger partial charge < -0.3 is 19.3 Å². The molecule has 0 radical (unpaired) electrons. The van der Waals surface area contributed by atoms with Gasteiger partial charge in [-0.05, 0) is 211 Å². The van der Waals surface area contributed by atoms with Crippen molar-refractivity contribution in [3.05, 3.63) is 230 Å². The molecule has 394 valence electrons. The lowest BCUT2D eigenvalue weighted by Crippen LogP contribution is -2.10. The van der Waals surface area contributed by atoms with E-state index >= 15 is 0 Å². The van der Waals surface area contributed by atoms with Crippen molar-refractivity contribution in [1.82, 2.24) is 0 Å². The molecular formula is C76H68N2O2. The average Bonchev–Trinajstić information content (AvgIpc) is 4.20. The zero-order chi connectivity index (χ0) is 54.1. The predicted molar refractivity (Wildman–Crippen MR) is 343 cm³/mol. The van der Waals surface area contributed by atoms with E-state index in [9.17, 15) is 0 Å². The summed E-state index contributed by atoms with van der Waals surface area (Å²) >= 11 is 0. The molecule has 0 aliphatic carbocycles. The Balaban J connectivity index is 1.10. The van der Waals surface area contributed by atoms with E-state index < -0.39 is 0 Å². The highest BCUT2D eigenvalue weighted by Gasteiger charge is 2.30. The molecule has 4 heteroatoms. The molecule has 0 fully saturated rings. The molecule has 0 aromatic heterocycles. The minimum atomic E-state index is 0.691. The first-order valence-electron chi connectivity index (χ1n) is 29.3. The van der Waals surface area contributed by atoms with Crippen molar-refractivity contribution in [2.24, 2.45) is 0 Å². The molecule has 0 saturated heterocycles. The van der Waals surface area contributed by atoms with Gasteiger partial charge in [-0.2, -0.15) is 0 Å². The van der Waals surface area contributed by atoms with Gasteiger partial charge in [-0.15, -0.1) is 0 Å². The lowest BCUT2D eigenvalue weighted by atomic mass is 9.87. The molecule has 0 bridgehead atoms. The predicted octanol–water partition coefficient (Wildman–Crippen LogP) is 22.0. The average molecular weight is 1040 g/mol. The Kier molecular flexibility index (Phi) is 14.0. The number of ether oxygens (including phenoxy) is 2. The van der Waals surface area contributed by atoms with Crippen LogP contribution in [0.3, 0.4) is 0 Å². The summed E-state index contributed by atoms with van der Waals surface area (Å²) in [6.07, 6.45) is 8.78. The van der Waals surface area contributed by atoms with Crippen molar-refractivity contribution in [3.63, 3.8) is 0 Å². The van der Waals surface area contributed by atoms with Crippen molar-refractivity contribution in [3.8, 4) is 33.8 Å². The van der Waals surface area contributed by atoms with E-state index in [0.717, 1.165) is 71.3 Å². The smallest absolute Gasteiger partial charge is 0.119 e. The summed E-state index contributed by atoms with van der Waals surface area (Å²) in [5.41, 5.74) is 14.4. The molecule has 0 saturated carbocycles. The van der Waals surface area contributed by atoms with Crippen molar-refractivity contribution >= 4 is 98.8 Å². The normalized spacial score (nSPS) is 11.8. The van der Waals surface area contributed by atoms with Crippen LogP contribution in [0.4, 0.5) is 34.1 Å². The van der Waals surface area contributed by atoms with Gasteiger partial charge in [0.2, 0.25) is 0 Å². The van der Waals surface area contributed by atoms with Crippen molar-refractivity contribution in [2.75, 3.05) is 23.0 Å². The van der Waals surface area contributed by atoms with Crippen molar-refractivity contribution < 1.29 is 9.47 Å². The molecule has 0 aliphatic heterocycles. The fourth-order valence-corrected chi connectivity index (χ4v) is 12.7.